The van der Waals surface area contributed by atoms with Gasteiger partial charge in [0.15, 0.2) is 11.6 Å². The largest absolute Gasteiger partial charge is 0.292 e. The number of pyridine rings is 1. The number of carbonyl (C=O) groups excluding carboxylic acids is 1. The summed E-state index contributed by atoms with van der Waals surface area (Å²) in [6.45, 7) is 1.98. The normalized spacial score (nSPS) is 11.3. The van der Waals surface area contributed by atoms with Crippen LogP contribution in [0, 0.1) is 6.92 Å². The van der Waals surface area contributed by atoms with Gasteiger partial charge in [-0.05, 0) is 48.7 Å². The van der Waals surface area contributed by atoms with Crippen LogP contribution < -0.4 is 0 Å². The summed E-state index contributed by atoms with van der Waals surface area (Å²) in [7, 11) is 0. The first-order chi connectivity index (χ1) is 18.5. The Bertz CT molecular complexity index is 1730. The summed E-state index contributed by atoms with van der Waals surface area (Å²) in [4.78, 5) is 31.0. The number of halogens is 1. The maximum atomic E-state index is 12.5. The molecular weight excluding hydrogens is 520 g/mol. The van der Waals surface area contributed by atoms with E-state index in [2.05, 4.69) is 31.2 Å². The molecule has 9 nitrogen and oxygen atoms in total. The molecular formula is C27H21ClN8OS. The monoisotopic (exact) mass is 540 g/mol. The van der Waals surface area contributed by atoms with E-state index in [1.807, 2.05) is 48.0 Å². The fourth-order valence-corrected chi connectivity index (χ4v) is 5.59. The minimum atomic E-state index is -0.0358. The van der Waals surface area contributed by atoms with Crippen LogP contribution in [0.15, 0.2) is 67.5 Å². The summed E-state index contributed by atoms with van der Waals surface area (Å²) in [5, 5.41) is 13.3. The van der Waals surface area contributed by atoms with Crippen molar-refractivity contribution in [1.82, 2.24) is 39.7 Å². The summed E-state index contributed by atoms with van der Waals surface area (Å²) in [5.74, 6) is 0.640. The molecule has 1 N–H and O–H groups in total. The molecule has 0 unspecified atom stereocenters. The van der Waals surface area contributed by atoms with Gasteiger partial charge in [0, 0.05) is 36.5 Å². The summed E-state index contributed by atoms with van der Waals surface area (Å²) in [6.07, 6.45) is 9.56. The highest BCUT2D eigenvalue weighted by molar-refractivity contribution is 7.18. The fourth-order valence-electron chi connectivity index (χ4n) is 4.33. The zero-order valence-corrected chi connectivity index (χ0v) is 21.9. The van der Waals surface area contributed by atoms with Gasteiger partial charge in [0.25, 0.3) is 0 Å². The smallest absolute Gasteiger partial charge is 0.183 e. The number of nitrogens with zero attached hydrogens (tertiary/aromatic N) is 7. The fraction of sp³-hybridized carbons (Fsp3) is 0.148. The number of nitrogens with one attached hydrogen (secondary N) is 1. The van der Waals surface area contributed by atoms with Crippen molar-refractivity contribution in [3.8, 4) is 21.3 Å². The number of ketones is 1. The molecule has 0 aliphatic carbocycles. The Labute approximate surface area is 226 Å². The second kappa shape index (κ2) is 10.2. The highest BCUT2D eigenvalue weighted by Gasteiger charge is 2.21. The summed E-state index contributed by atoms with van der Waals surface area (Å²) in [6, 6.07) is 11.8. The van der Waals surface area contributed by atoms with Gasteiger partial charge in [-0.2, -0.15) is 10.2 Å². The molecule has 0 aliphatic heterocycles. The van der Waals surface area contributed by atoms with Gasteiger partial charge in [0.1, 0.15) is 17.0 Å². The number of aromatic nitrogens is 8. The lowest BCUT2D eigenvalue weighted by molar-refractivity contribution is 0.0977. The number of fused-ring (bicyclic) bond motifs is 1. The Balaban J connectivity index is 1.35. The van der Waals surface area contributed by atoms with Crippen molar-refractivity contribution >= 4 is 34.2 Å². The van der Waals surface area contributed by atoms with Gasteiger partial charge in [-0.15, -0.1) is 11.3 Å². The zero-order chi connectivity index (χ0) is 26.1. The van der Waals surface area contributed by atoms with Crippen LogP contribution in [0.5, 0.6) is 0 Å². The van der Waals surface area contributed by atoms with E-state index in [-0.39, 0.29) is 5.78 Å². The number of Topliss-reactive ketones (excluding diaryl/α,β-unsaturated/α-hetero) is 1. The quantitative estimate of drug-likeness (QED) is 0.257. The van der Waals surface area contributed by atoms with Crippen molar-refractivity contribution in [2.45, 2.75) is 26.2 Å². The molecule has 0 atom stereocenters. The van der Waals surface area contributed by atoms with Crippen molar-refractivity contribution < 1.29 is 4.79 Å². The van der Waals surface area contributed by atoms with E-state index in [0.29, 0.717) is 35.8 Å². The van der Waals surface area contributed by atoms with Crippen molar-refractivity contribution in [2.24, 2.45) is 0 Å². The third-order valence-electron chi connectivity index (χ3n) is 6.19. The first-order valence-electron chi connectivity index (χ1n) is 11.9. The van der Waals surface area contributed by atoms with E-state index in [9.17, 15) is 4.79 Å². The Morgan fingerprint density at radius 1 is 1.11 bits per heavy atom. The van der Waals surface area contributed by atoms with Crippen molar-refractivity contribution in [2.75, 3.05) is 0 Å². The summed E-state index contributed by atoms with van der Waals surface area (Å²) in [5.41, 5.74) is 6.17. The van der Waals surface area contributed by atoms with Crippen LogP contribution in [0.2, 0.25) is 5.02 Å². The van der Waals surface area contributed by atoms with E-state index in [4.69, 9.17) is 21.7 Å². The molecule has 0 saturated carbocycles. The van der Waals surface area contributed by atoms with Gasteiger partial charge in [-0.3, -0.25) is 14.9 Å². The minimum Gasteiger partial charge on any atom is -0.292 e. The van der Waals surface area contributed by atoms with E-state index in [0.717, 1.165) is 43.5 Å². The van der Waals surface area contributed by atoms with E-state index in [1.165, 1.54) is 18.7 Å². The van der Waals surface area contributed by atoms with Crippen LogP contribution >= 0.6 is 22.9 Å². The van der Waals surface area contributed by atoms with Crippen LogP contribution in [-0.2, 0) is 12.8 Å². The molecule has 188 valence electrons. The predicted octanol–water partition coefficient (Wildman–Crippen LogP) is 5.40. The number of benzene rings is 1. The maximum Gasteiger partial charge on any atom is 0.183 e. The Kier molecular flexibility index (Phi) is 6.48. The molecule has 0 aliphatic rings. The molecule has 1 aromatic carbocycles. The molecule has 6 rings (SSSR count). The maximum absolute atomic E-state index is 12.5. The molecule has 5 aromatic heterocycles. The zero-order valence-electron chi connectivity index (χ0n) is 20.3. The summed E-state index contributed by atoms with van der Waals surface area (Å²) >= 11 is 7.64. The molecule has 0 radical (unpaired) electrons. The highest BCUT2D eigenvalue weighted by atomic mass is 35.5. The number of aromatic amines is 1. The topological polar surface area (TPSA) is 115 Å². The van der Waals surface area contributed by atoms with Crippen LogP contribution in [0.3, 0.4) is 0 Å². The molecule has 0 saturated heterocycles. The number of H-pyrrole nitrogens is 1. The SMILES string of the molecule is Cc1nn2ccc(CCC(=O)c3cnccn3)cc2c1-c1nc(Cc2ccc(Cl)cc2)c(-c2ncn[nH]2)s1. The van der Waals surface area contributed by atoms with Crippen molar-refractivity contribution in [3.63, 3.8) is 0 Å². The molecule has 0 spiro atoms. The van der Waals surface area contributed by atoms with E-state index in [1.54, 1.807) is 17.5 Å². The minimum absolute atomic E-state index is 0.0358. The number of thiazole rings is 1. The Morgan fingerprint density at radius 3 is 2.74 bits per heavy atom. The average molecular weight is 541 g/mol. The second-order valence-corrected chi connectivity index (χ2v) is 10.2. The van der Waals surface area contributed by atoms with Crippen molar-refractivity contribution in [1.29, 1.82) is 0 Å². The number of rotatable bonds is 8. The lowest BCUT2D eigenvalue weighted by Gasteiger charge is -2.03. The van der Waals surface area contributed by atoms with Crippen LogP contribution in [0.25, 0.3) is 26.8 Å². The first kappa shape index (κ1) is 24.1. The van der Waals surface area contributed by atoms with Gasteiger partial charge in [0.2, 0.25) is 0 Å². The molecule has 11 heteroatoms. The predicted molar refractivity (Wildman–Crippen MR) is 145 cm³/mol. The molecule has 5 heterocycles. The lowest BCUT2D eigenvalue weighted by atomic mass is 10.1. The van der Waals surface area contributed by atoms with Crippen LogP contribution in [0.1, 0.15) is 39.4 Å². The van der Waals surface area contributed by atoms with Gasteiger partial charge < -0.3 is 0 Å². The molecule has 38 heavy (non-hydrogen) atoms. The van der Waals surface area contributed by atoms with Gasteiger partial charge in [-0.1, -0.05) is 23.7 Å². The number of hydrogen-bond acceptors (Lipinski definition) is 8. The molecule has 0 fully saturated rings. The average Bonchev–Trinajstić information content (AvgIpc) is 3.67. The molecule has 0 bridgehead atoms. The second-order valence-electron chi connectivity index (χ2n) is 8.77. The first-order valence-corrected chi connectivity index (χ1v) is 13.1. The van der Waals surface area contributed by atoms with E-state index >= 15 is 0 Å². The third kappa shape index (κ3) is 4.83. The van der Waals surface area contributed by atoms with Crippen molar-refractivity contribution in [3.05, 3.63) is 101 Å². The third-order valence-corrected chi connectivity index (χ3v) is 7.56. The summed E-state index contributed by atoms with van der Waals surface area (Å²) < 4.78 is 1.85. The van der Waals surface area contributed by atoms with E-state index < -0.39 is 0 Å². The molecule has 6 aromatic rings. The Morgan fingerprint density at radius 2 is 1.97 bits per heavy atom. The number of hydrogen-bond donors (Lipinski definition) is 1. The highest BCUT2D eigenvalue weighted by Crippen LogP contribution is 2.38. The standard InChI is InChI=1S/C27H21ClN8OS/c1-16-24(22-13-18(8-11-36(22)35-16)4-7-23(37)21-14-29-9-10-30-21)27-33-20(12-17-2-5-19(28)6-3-17)25(38-27)26-31-15-32-34-26/h2-3,5-6,8-11,13-15H,4,7,12H2,1H3,(H,31,32,34). The lowest BCUT2D eigenvalue weighted by Crippen LogP contribution is -2.04. The van der Waals surface area contributed by atoms with Crippen LogP contribution in [0.4, 0.5) is 0 Å². The number of aryl methyl sites for hydroxylation is 2. The number of carbonyl (C=O) groups is 1. The van der Waals surface area contributed by atoms with Gasteiger partial charge in [-0.25, -0.2) is 19.5 Å². The van der Waals surface area contributed by atoms with Gasteiger partial charge in [0.05, 0.1) is 33.5 Å². The van der Waals surface area contributed by atoms with Crippen LogP contribution in [-0.4, -0.2) is 45.5 Å². The van der Waals surface area contributed by atoms with Gasteiger partial charge >= 0.3 is 0 Å². The molecule has 0 amide bonds. The Hall–Kier alpha value is -4.28.